The van der Waals surface area contributed by atoms with Crippen molar-refractivity contribution in [3.63, 3.8) is 0 Å². The molecule has 1 aromatic carbocycles. The monoisotopic (exact) mass is 404 g/mol. The minimum absolute atomic E-state index is 0.0674. The molecule has 3 aromatic rings. The van der Waals surface area contributed by atoms with Crippen molar-refractivity contribution in [3.05, 3.63) is 76.5 Å². The van der Waals surface area contributed by atoms with Crippen LogP contribution in [0, 0.1) is 0 Å². The number of nitrogens with zero attached hydrogens (tertiary/aromatic N) is 3. The van der Waals surface area contributed by atoms with Gasteiger partial charge in [-0.15, -0.1) is 0 Å². The van der Waals surface area contributed by atoms with Gasteiger partial charge in [0, 0.05) is 49.5 Å². The van der Waals surface area contributed by atoms with Gasteiger partial charge in [-0.25, -0.2) is 4.98 Å². The minimum Gasteiger partial charge on any atom is -0.497 e. The first-order valence-corrected chi connectivity index (χ1v) is 10.0. The molecule has 1 aliphatic rings. The fourth-order valence-electron chi connectivity index (χ4n) is 3.76. The molecule has 0 bridgehead atoms. The standard InChI is InChI=1S/C23H24N4O3/c1-30-19-5-2-16(3-6-19)4-7-22(29)27-13-10-18(15-27)20-14-21(28)26-23(25-20)17-8-11-24-12-9-17/h2-3,5-6,8-9,11-12,14,18H,4,7,10,13,15H2,1H3,(H,25,26,28). The zero-order valence-corrected chi connectivity index (χ0v) is 16.9. The summed E-state index contributed by atoms with van der Waals surface area (Å²) >= 11 is 0. The number of aryl methyl sites for hydroxylation is 1. The van der Waals surface area contributed by atoms with E-state index in [9.17, 15) is 9.59 Å². The smallest absolute Gasteiger partial charge is 0.251 e. The summed E-state index contributed by atoms with van der Waals surface area (Å²) in [5, 5.41) is 0. The van der Waals surface area contributed by atoms with Crippen molar-refractivity contribution in [1.82, 2.24) is 19.9 Å². The van der Waals surface area contributed by atoms with Gasteiger partial charge in [-0.3, -0.25) is 14.6 Å². The summed E-state index contributed by atoms with van der Waals surface area (Å²) in [6.45, 7) is 1.28. The van der Waals surface area contributed by atoms with E-state index in [-0.39, 0.29) is 17.4 Å². The van der Waals surface area contributed by atoms with Crippen molar-refractivity contribution >= 4 is 5.91 Å². The molecule has 1 aliphatic heterocycles. The van der Waals surface area contributed by atoms with Crippen molar-refractivity contribution in [2.75, 3.05) is 20.2 Å². The first-order valence-electron chi connectivity index (χ1n) is 10.0. The van der Waals surface area contributed by atoms with Gasteiger partial charge in [-0.1, -0.05) is 12.1 Å². The molecule has 154 valence electrons. The highest BCUT2D eigenvalue weighted by Gasteiger charge is 2.28. The molecule has 1 saturated heterocycles. The molecule has 1 atom stereocenters. The normalized spacial score (nSPS) is 15.9. The number of aromatic nitrogens is 3. The average Bonchev–Trinajstić information content (AvgIpc) is 3.28. The number of H-pyrrole nitrogens is 1. The number of nitrogens with one attached hydrogen (secondary N) is 1. The number of pyridine rings is 1. The third-order valence-electron chi connectivity index (χ3n) is 5.46. The van der Waals surface area contributed by atoms with Gasteiger partial charge in [0.1, 0.15) is 11.6 Å². The van der Waals surface area contributed by atoms with Crippen LogP contribution >= 0.6 is 0 Å². The van der Waals surface area contributed by atoms with E-state index in [1.165, 1.54) is 0 Å². The number of benzene rings is 1. The van der Waals surface area contributed by atoms with Crippen molar-refractivity contribution in [3.8, 4) is 17.1 Å². The number of amides is 1. The molecule has 4 rings (SSSR count). The predicted molar refractivity (Wildman–Crippen MR) is 113 cm³/mol. The summed E-state index contributed by atoms with van der Waals surface area (Å²) in [4.78, 5) is 38.2. The minimum atomic E-state index is -0.184. The Bertz CT molecular complexity index is 1060. The van der Waals surface area contributed by atoms with Crippen molar-refractivity contribution in [2.45, 2.75) is 25.2 Å². The Balaban J connectivity index is 1.39. The first kappa shape index (κ1) is 19.8. The van der Waals surface area contributed by atoms with E-state index in [1.54, 1.807) is 25.6 Å². The van der Waals surface area contributed by atoms with Gasteiger partial charge in [-0.2, -0.15) is 0 Å². The van der Waals surface area contributed by atoms with Crippen LogP contribution in [0.5, 0.6) is 5.75 Å². The number of aromatic amines is 1. The Kier molecular flexibility index (Phi) is 5.88. The van der Waals surface area contributed by atoms with E-state index in [0.29, 0.717) is 31.8 Å². The van der Waals surface area contributed by atoms with Crippen molar-refractivity contribution in [2.24, 2.45) is 0 Å². The van der Waals surface area contributed by atoms with Crippen LogP contribution in [0.15, 0.2) is 59.7 Å². The van der Waals surface area contributed by atoms with Gasteiger partial charge in [0.25, 0.3) is 5.56 Å². The van der Waals surface area contributed by atoms with E-state index in [1.807, 2.05) is 41.3 Å². The van der Waals surface area contributed by atoms with Crippen LogP contribution in [-0.4, -0.2) is 46.0 Å². The summed E-state index contributed by atoms with van der Waals surface area (Å²) in [5.74, 6) is 1.54. The molecule has 0 aliphatic carbocycles. The zero-order valence-electron chi connectivity index (χ0n) is 16.9. The van der Waals surface area contributed by atoms with E-state index in [2.05, 4.69) is 15.0 Å². The third kappa shape index (κ3) is 4.56. The second-order valence-electron chi connectivity index (χ2n) is 7.43. The number of methoxy groups -OCH3 is 1. The maximum Gasteiger partial charge on any atom is 0.251 e. The van der Waals surface area contributed by atoms with Crippen molar-refractivity contribution in [1.29, 1.82) is 0 Å². The second-order valence-corrected chi connectivity index (χ2v) is 7.43. The number of likely N-dealkylation sites (tertiary alicyclic amines) is 1. The van der Waals surface area contributed by atoms with E-state index < -0.39 is 0 Å². The van der Waals surface area contributed by atoms with Crippen LogP contribution in [0.4, 0.5) is 0 Å². The molecule has 1 amide bonds. The Hall–Kier alpha value is -3.48. The fraction of sp³-hybridized carbons (Fsp3) is 0.304. The molecule has 0 radical (unpaired) electrons. The SMILES string of the molecule is COc1ccc(CCC(=O)N2CCC(c3cc(=O)[nH]c(-c4ccncc4)n3)C2)cc1. The number of carbonyl (C=O) groups excluding carboxylic acids is 1. The summed E-state index contributed by atoms with van der Waals surface area (Å²) < 4.78 is 5.17. The molecular weight excluding hydrogens is 380 g/mol. The Morgan fingerprint density at radius 2 is 1.97 bits per heavy atom. The lowest BCUT2D eigenvalue weighted by atomic mass is 10.0. The number of hydrogen-bond acceptors (Lipinski definition) is 5. The fourth-order valence-corrected chi connectivity index (χ4v) is 3.76. The first-order chi connectivity index (χ1) is 14.6. The molecule has 1 fully saturated rings. The summed E-state index contributed by atoms with van der Waals surface area (Å²) in [7, 11) is 1.64. The van der Waals surface area contributed by atoms with Crippen molar-refractivity contribution < 1.29 is 9.53 Å². The van der Waals surface area contributed by atoms with Crippen LogP contribution in [0.2, 0.25) is 0 Å². The predicted octanol–water partition coefficient (Wildman–Crippen LogP) is 2.79. The van der Waals surface area contributed by atoms with Gasteiger partial charge in [0.2, 0.25) is 5.91 Å². The number of hydrogen-bond donors (Lipinski definition) is 1. The molecule has 7 heteroatoms. The lowest BCUT2D eigenvalue weighted by molar-refractivity contribution is -0.130. The Morgan fingerprint density at radius 3 is 2.70 bits per heavy atom. The molecule has 2 aromatic heterocycles. The van der Waals surface area contributed by atoms with Crippen LogP contribution < -0.4 is 10.3 Å². The number of rotatable bonds is 6. The summed E-state index contributed by atoms with van der Waals surface area (Å²) in [5.41, 5.74) is 2.47. The molecule has 3 heterocycles. The Labute approximate surface area is 174 Å². The maximum absolute atomic E-state index is 12.7. The molecule has 1 N–H and O–H groups in total. The third-order valence-corrected chi connectivity index (χ3v) is 5.46. The largest absolute Gasteiger partial charge is 0.497 e. The van der Waals surface area contributed by atoms with Gasteiger partial charge in [0.05, 0.1) is 12.8 Å². The molecular formula is C23H24N4O3. The van der Waals surface area contributed by atoms with E-state index >= 15 is 0 Å². The number of carbonyl (C=O) groups is 1. The van der Waals surface area contributed by atoms with Gasteiger partial charge in [-0.05, 0) is 42.7 Å². The highest BCUT2D eigenvalue weighted by atomic mass is 16.5. The van der Waals surface area contributed by atoms with Crippen LogP contribution in [0.3, 0.4) is 0 Å². The molecule has 0 saturated carbocycles. The lowest BCUT2D eigenvalue weighted by Gasteiger charge is -2.17. The highest BCUT2D eigenvalue weighted by molar-refractivity contribution is 5.77. The van der Waals surface area contributed by atoms with Crippen LogP contribution in [-0.2, 0) is 11.2 Å². The molecule has 1 unspecified atom stereocenters. The van der Waals surface area contributed by atoms with Gasteiger partial charge < -0.3 is 14.6 Å². The average molecular weight is 404 g/mol. The Morgan fingerprint density at radius 1 is 1.20 bits per heavy atom. The summed E-state index contributed by atoms with van der Waals surface area (Å²) in [6.07, 6.45) is 5.30. The van der Waals surface area contributed by atoms with E-state index in [4.69, 9.17) is 4.74 Å². The molecule has 30 heavy (non-hydrogen) atoms. The topological polar surface area (TPSA) is 88.2 Å². The quantitative estimate of drug-likeness (QED) is 0.683. The molecule has 0 spiro atoms. The molecule has 7 nitrogen and oxygen atoms in total. The van der Waals surface area contributed by atoms with Gasteiger partial charge in [0.15, 0.2) is 0 Å². The lowest BCUT2D eigenvalue weighted by Crippen LogP contribution is -2.28. The van der Waals surface area contributed by atoms with Crippen LogP contribution in [0.1, 0.15) is 30.0 Å². The number of ether oxygens (including phenoxy) is 1. The second kappa shape index (κ2) is 8.90. The highest BCUT2D eigenvalue weighted by Crippen LogP contribution is 2.27. The van der Waals surface area contributed by atoms with Crippen LogP contribution in [0.25, 0.3) is 11.4 Å². The summed E-state index contributed by atoms with van der Waals surface area (Å²) in [6, 6.07) is 13.0. The maximum atomic E-state index is 12.7. The van der Waals surface area contributed by atoms with E-state index in [0.717, 1.165) is 29.0 Å². The van der Waals surface area contributed by atoms with Gasteiger partial charge >= 0.3 is 0 Å². The zero-order chi connectivity index (χ0) is 20.9.